The van der Waals surface area contributed by atoms with Crippen molar-refractivity contribution in [3.8, 4) is 0 Å². The smallest absolute Gasteiger partial charge is 0.346 e. The molecule has 0 spiro atoms. The van der Waals surface area contributed by atoms with Crippen LogP contribution in [-0.4, -0.2) is 76.0 Å². The second kappa shape index (κ2) is 16.8. The van der Waals surface area contributed by atoms with Crippen LogP contribution in [0.25, 0.3) is 0 Å². The van der Waals surface area contributed by atoms with Crippen molar-refractivity contribution in [2.24, 2.45) is 0 Å². The molecule has 12 heteroatoms. The second-order valence-corrected chi connectivity index (χ2v) is 22.3. The summed E-state index contributed by atoms with van der Waals surface area (Å²) in [7, 11) is -4.38. The Kier molecular flexibility index (Phi) is 12.8. The molecule has 2 heterocycles. The van der Waals surface area contributed by atoms with Gasteiger partial charge in [0.25, 0.3) is 0 Å². The van der Waals surface area contributed by atoms with Crippen molar-refractivity contribution in [1.29, 1.82) is 0 Å². The lowest BCUT2D eigenvalue weighted by Crippen LogP contribution is -2.65. The molecule has 2 aliphatic heterocycles. The van der Waals surface area contributed by atoms with Crippen molar-refractivity contribution >= 4 is 35.8 Å². The summed E-state index contributed by atoms with van der Waals surface area (Å²) in [4.78, 5) is 13.4. The first-order chi connectivity index (χ1) is 23.5. The zero-order valence-electron chi connectivity index (χ0n) is 28.8. The maximum atomic E-state index is 14.3. The molecule has 1 fully saturated rings. The number of benzene rings is 3. The molecule has 0 unspecified atom stereocenters. The maximum absolute atomic E-state index is 14.3. The van der Waals surface area contributed by atoms with E-state index in [-0.39, 0.29) is 36.2 Å². The first-order valence-corrected chi connectivity index (χ1v) is 22.7. The largest absolute Gasteiger partial charge is 0.465 e. The Morgan fingerprint density at radius 3 is 1.84 bits per heavy atom. The zero-order valence-corrected chi connectivity index (χ0v) is 31.5. The molecule has 5 rings (SSSR count). The highest BCUT2D eigenvalue weighted by atomic mass is 32.2. The number of sulfonamides is 1. The summed E-state index contributed by atoms with van der Waals surface area (Å²) in [5.41, 5.74) is 3.20. The number of carbonyl (C=O) groups excluding carboxylic acids is 1. The van der Waals surface area contributed by atoms with Crippen LogP contribution >= 0.6 is 11.8 Å². The van der Waals surface area contributed by atoms with Crippen molar-refractivity contribution in [3.63, 3.8) is 0 Å². The van der Waals surface area contributed by atoms with Gasteiger partial charge in [0.1, 0.15) is 23.2 Å². The molecule has 0 amide bonds. The number of allylic oxidation sites excluding steroid dienone is 1. The lowest BCUT2D eigenvalue weighted by molar-refractivity contribution is -0.232. The van der Waals surface area contributed by atoms with Crippen LogP contribution < -0.4 is 0 Å². The number of ether oxygens (including phenoxy) is 5. The number of hydrogen-bond acceptors (Lipinski definition) is 9. The van der Waals surface area contributed by atoms with Gasteiger partial charge in [0.15, 0.2) is 6.23 Å². The average Bonchev–Trinajstić information content (AvgIpc) is 3.09. The SMILES string of the molecule is COC(=O)C1=C(C)N(S(=O)(=O)CC[Si](C)(C)C)[C@H]2O[C@H](COCc3ccccc3)[C@H](OCc3ccccc3)[C@H](OCc3ccccc3)[C@H]2S1. The molecule has 0 N–H and O–H groups in total. The standard InChI is InChI=1S/C37H47NO8S2Si/c1-27-34(37(39)42-2)47-35-33(45-25-30-19-13-8-14-20-30)32(44-24-29-17-11-7-12-18-29)31(26-43-23-28-15-9-6-10-16-28)46-36(35)38(27)48(40,41)21-22-49(3,4)5/h6-20,31-33,35-36H,21-26H2,1-5H3/t31-,32+,33+,35-,36+/m1/s1. The first kappa shape index (κ1) is 37.3. The normalized spacial score (nSPS) is 22.9. The maximum Gasteiger partial charge on any atom is 0.346 e. The zero-order chi connectivity index (χ0) is 35.0. The van der Waals surface area contributed by atoms with Crippen LogP contribution in [0.5, 0.6) is 0 Å². The number of rotatable bonds is 15. The Balaban J connectivity index is 1.55. The Labute approximate surface area is 296 Å². The van der Waals surface area contributed by atoms with Crippen LogP contribution in [0.15, 0.2) is 102 Å². The minimum absolute atomic E-state index is 0.0651. The molecule has 9 nitrogen and oxygen atoms in total. The van der Waals surface area contributed by atoms with Gasteiger partial charge in [-0.3, -0.25) is 0 Å². The average molecular weight is 726 g/mol. The van der Waals surface area contributed by atoms with Crippen LogP contribution in [0.3, 0.4) is 0 Å². The molecule has 3 aromatic rings. The molecule has 49 heavy (non-hydrogen) atoms. The quantitative estimate of drug-likeness (QED) is 0.127. The Morgan fingerprint density at radius 1 is 0.816 bits per heavy atom. The molecule has 2 aliphatic rings. The van der Waals surface area contributed by atoms with Gasteiger partial charge in [0, 0.05) is 13.8 Å². The number of esters is 1. The number of methoxy groups -OCH3 is 1. The van der Waals surface area contributed by atoms with E-state index in [0.717, 1.165) is 16.7 Å². The number of hydrogen-bond donors (Lipinski definition) is 0. The van der Waals surface area contributed by atoms with Crippen molar-refractivity contribution in [2.45, 2.75) is 82.2 Å². The molecule has 0 aromatic heterocycles. The fourth-order valence-corrected chi connectivity index (χ4v) is 12.0. The lowest BCUT2D eigenvalue weighted by Gasteiger charge is -2.51. The molecular formula is C37H47NO8S2Si. The number of nitrogens with zero attached hydrogens (tertiary/aromatic N) is 1. The van der Waals surface area contributed by atoms with E-state index >= 15 is 0 Å². The third-order valence-corrected chi connectivity index (χ3v) is 13.9. The summed E-state index contributed by atoms with van der Waals surface area (Å²) >= 11 is 1.23. The predicted molar refractivity (Wildman–Crippen MR) is 195 cm³/mol. The van der Waals surface area contributed by atoms with Crippen LogP contribution in [-0.2, 0) is 58.3 Å². The molecule has 0 saturated carbocycles. The van der Waals surface area contributed by atoms with E-state index in [1.165, 1.54) is 23.2 Å². The molecule has 264 valence electrons. The summed E-state index contributed by atoms with van der Waals surface area (Å²) in [5.74, 6) is -0.673. The van der Waals surface area contributed by atoms with Crippen LogP contribution in [0.2, 0.25) is 25.7 Å². The fourth-order valence-electron chi connectivity index (χ4n) is 5.84. The van der Waals surface area contributed by atoms with Crippen molar-refractivity contribution < 1.29 is 36.9 Å². The van der Waals surface area contributed by atoms with Crippen LogP contribution in [0, 0.1) is 0 Å². The highest BCUT2D eigenvalue weighted by Crippen LogP contribution is 2.46. The van der Waals surface area contributed by atoms with Gasteiger partial charge in [-0.1, -0.05) is 111 Å². The van der Waals surface area contributed by atoms with E-state index in [0.29, 0.717) is 12.7 Å². The Bertz CT molecular complexity index is 1650. The van der Waals surface area contributed by atoms with Crippen molar-refractivity contribution in [2.75, 3.05) is 19.5 Å². The number of carbonyl (C=O) groups is 1. The van der Waals surface area contributed by atoms with Crippen LogP contribution in [0.1, 0.15) is 23.6 Å². The first-order valence-electron chi connectivity index (χ1n) is 16.5. The predicted octanol–water partition coefficient (Wildman–Crippen LogP) is 6.59. The second-order valence-electron chi connectivity index (χ2n) is 13.5. The van der Waals surface area contributed by atoms with E-state index < -0.39 is 53.9 Å². The fraction of sp³-hybridized carbons (Fsp3) is 0.432. The van der Waals surface area contributed by atoms with E-state index in [1.807, 2.05) is 91.0 Å². The van der Waals surface area contributed by atoms with Gasteiger partial charge >= 0.3 is 5.97 Å². The van der Waals surface area contributed by atoms with Gasteiger partial charge in [-0.05, 0) is 29.7 Å². The highest BCUT2D eigenvalue weighted by Gasteiger charge is 2.55. The topological polar surface area (TPSA) is 101 Å². The summed E-state index contributed by atoms with van der Waals surface area (Å²) in [6, 6.07) is 30.0. The molecule has 5 atom stereocenters. The van der Waals surface area contributed by atoms with Gasteiger partial charge in [0.2, 0.25) is 10.0 Å². The summed E-state index contributed by atoms with van der Waals surface area (Å²) in [5, 5.41) is -0.658. The van der Waals surface area contributed by atoms with E-state index in [4.69, 9.17) is 23.7 Å². The lowest BCUT2D eigenvalue weighted by atomic mass is 9.99. The monoisotopic (exact) mass is 725 g/mol. The number of thioether (sulfide) groups is 1. The molecule has 0 bridgehead atoms. The van der Waals surface area contributed by atoms with Gasteiger partial charge in [-0.2, -0.15) is 0 Å². The highest BCUT2D eigenvalue weighted by molar-refractivity contribution is 8.04. The summed E-state index contributed by atoms with van der Waals surface area (Å²) in [6.45, 7) is 9.05. The van der Waals surface area contributed by atoms with Crippen LogP contribution in [0.4, 0.5) is 0 Å². The molecule has 0 aliphatic carbocycles. The third kappa shape index (κ3) is 9.84. The van der Waals surface area contributed by atoms with Gasteiger partial charge in [-0.25, -0.2) is 17.5 Å². The minimum Gasteiger partial charge on any atom is -0.465 e. The summed E-state index contributed by atoms with van der Waals surface area (Å²) < 4.78 is 61.5. The minimum atomic E-state index is -3.93. The Hall–Kier alpha value is -2.97. The molecule has 0 radical (unpaired) electrons. The van der Waals surface area contributed by atoms with Gasteiger partial charge < -0.3 is 23.7 Å². The third-order valence-electron chi connectivity index (χ3n) is 8.50. The molecule has 1 saturated heterocycles. The van der Waals surface area contributed by atoms with Crippen molar-refractivity contribution in [1.82, 2.24) is 4.31 Å². The number of fused-ring (bicyclic) bond motifs is 1. The van der Waals surface area contributed by atoms with Gasteiger partial charge in [-0.15, -0.1) is 11.8 Å². The Morgan fingerprint density at radius 2 is 1.33 bits per heavy atom. The molecule has 3 aromatic carbocycles. The molecular weight excluding hydrogens is 679 g/mol. The van der Waals surface area contributed by atoms with E-state index in [1.54, 1.807) is 6.92 Å². The van der Waals surface area contributed by atoms with E-state index in [2.05, 4.69) is 19.6 Å². The van der Waals surface area contributed by atoms with Gasteiger partial charge in [0.05, 0.1) is 44.5 Å². The van der Waals surface area contributed by atoms with Crippen molar-refractivity contribution in [3.05, 3.63) is 118 Å². The van der Waals surface area contributed by atoms with E-state index in [9.17, 15) is 13.2 Å². The summed E-state index contributed by atoms with van der Waals surface area (Å²) in [6.07, 6.45) is -3.04.